The molecule has 0 aromatic carbocycles. The Kier molecular flexibility index (Phi) is 4.60. The molecule has 3 atom stereocenters. The van der Waals surface area contributed by atoms with Gasteiger partial charge in [0.1, 0.15) is 12.4 Å². The van der Waals surface area contributed by atoms with Crippen LogP contribution in [-0.4, -0.2) is 43.9 Å². The summed E-state index contributed by atoms with van der Waals surface area (Å²) in [5.74, 6) is 2.37. The first-order chi connectivity index (χ1) is 14.1. The van der Waals surface area contributed by atoms with E-state index in [4.69, 9.17) is 9.47 Å². The Labute approximate surface area is 170 Å². The number of rotatable bonds is 5. The lowest BCUT2D eigenvalue weighted by Crippen LogP contribution is -2.49. The van der Waals surface area contributed by atoms with Gasteiger partial charge in [-0.05, 0) is 51.7 Å². The molecule has 0 radical (unpaired) electrons. The van der Waals surface area contributed by atoms with Gasteiger partial charge in [0.2, 0.25) is 17.7 Å². The van der Waals surface area contributed by atoms with Crippen molar-refractivity contribution in [3.63, 3.8) is 0 Å². The molecule has 5 rings (SSSR count). The summed E-state index contributed by atoms with van der Waals surface area (Å²) >= 11 is 0. The molecule has 2 saturated heterocycles. The molecule has 0 N–H and O–H groups in total. The molecule has 2 bridgehead atoms. The van der Waals surface area contributed by atoms with Gasteiger partial charge in [0.15, 0.2) is 5.75 Å². The average molecular weight is 394 g/mol. The molecule has 7 heteroatoms. The van der Waals surface area contributed by atoms with Crippen LogP contribution in [0.5, 0.6) is 17.5 Å². The topological polar surface area (TPSA) is 77.4 Å². The van der Waals surface area contributed by atoms with E-state index < -0.39 is 0 Å². The molecule has 3 aliphatic rings. The molecule has 0 spiro atoms. The molecule has 1 aliphatic carbocycles. The molecule has 1 amide bonds. The van der Waals surface area contributed by atoms with Crippen molar-refractivity contribution in [2.75, 3.05) is 0 Å². The van der Waals surface area contributed by atoms with E-state index in [1.807, 2.05) is 26.0 Å². The van der Waals surface area contributed by atoms with Crippen LogP contribution >= 0.6 is 0 Å². The molecule has 4 heterocycles. The van der Waals surface area contributed by atoms with Crippen molar-refractivity contribution < 1.29 is 14.3 Å². The maximum absolute atomic E-state index is 12.6. The molecule has 7 nitrogen and oxygen atoms in total. The van der Waals surface area contributed by atoms with Gasteiger partial charge in [0.05, 0.1) is 11.3 Å². The number of pyridine rings is 1. The lowest BCUT2D eigenvalue weighted by Gasteiger charge is -2.39. The van der Waals surface area contributed by atoms with Gasteiger partial charge in [0.25, 0.3) is 0 Å². The number of carbonyl (C=O) groups is 1. The lowest BCUT2D eigenvalue weighted by atomic mass is 9.99. The summed E-state index contributed by atoms with van der Waals surface area (Å²) in [5, 5.41) is 0. The maximum Gasteiger partial charge on any atom is 0.229 e. The second kappa shape index (κ2) is 7.28. The van der Waals surface area contributed by atoms with Gasteiger partial charge in [-0.2, -0.15) is 0 Å². The predicted molar refractivity (Wildman–Crippen MR) is 106 cm³/mol. The number of hydrogen-bond donors (Lipinski definition) is 0. The standard InChI is InChI=1S/C22H26N4O3/c1-13-20(24-12-25-21(13)29-19-4-3-9-23-14(19)2)28-18-10-16-7-8-17(11-18)26(16)22(27)15-5-6-15/h3-4,9,12,15-18H,5-8,10-11H2,1-2H3/t16-,17?,18+/m0/s1. The zero-order valence-electron chi connectivity index (χ0n) is 16.9. The molecule has 2 aromatic rings. The lowest BCUT2D eigenvalue weighted by molar-refractivity contribution is -0.138. The van der Waals surface area contributed by atoms with E-state index in [9.17, 15) is 4.79 Å². The largest absolute Gasteiger partial charge is 0.474 e. The highest BCUT2D eigenvalue weighted by Gasteiger charge is 2.47. The fraction of sp³-hybridized carbons (Fsp3) is 0.545. The number of piperidine rings is 1. The van der Waals surface area contributed by atoms with Gasteiger partial charge in [-0.1, -0.05) is 0 Å². The minimum absolute atomic E-state index is 0.0670. The first-order valence-corrected chi connectivity index (χ1v) is 10.5. The van der Waals surface area contributed by atoms with Gasteiger partial charge >= 0.3 is 0 Å². The third-order valence-electron chi connectivity index (χ3n) is 6.31. The summed E-state index contributed by atoms with van der Waals surface area (Å²) in [6, 6.07) is 4.32. The number of nitrogens with zero attached hydrogens (tertiary/aromatic N) is 4. The predicted octanol–water partition coefficient (Wildman–Crippen LogP) is 3.59. The number of hydrogen-bond acceptors (Lipinski definition) is 6. The number of aryl methyl sites for hydroxylation is 1. The Balaban J connectivity index is 1.29. The van der Waals surface area contributed by atoms with Gasteiger partial charge in [-0.3, -0.25) is 9.78 Å². The third-order valence-corrected chi connectivity index (χ3v) is 6.31. The molecule has 2 aromatic heterocycles. The van der Waals surface area contributed by atoms with Crippen LogP contribution in [0.1, 0.15) is 49.8 Å². The van der Waals surface area contributed by atoms with Crippen LogP contribution in [-0.2, 0) is 4.79 Å². The van der Waals surface area contributed by atoms with Crippen molar-refractivity contribution in [1.82, 2.24) is 19.9 Å². The number of ether oxygens (including phenoxy) is 2. The van der Waals surface area contributed by atoms with Crippen LogP contribution in [0.15, 0.2) is 24.7 Å². The number of amides is 1. The molecule has 2 aliphatic heterocycles. The Morgan fingerprint density at radius 3 is 2.45 bits per heavy atom. The summed E-state index contributed by atoms with van der Waals surface area (Å²) in [7, 11) is 0. The van der Waals surface area contributed by atoms with E-state index in [1.54, 1.807) is 6.20 Å². The van der Waals surface area contributed by atoms with Crippen molar-refractivity contribution in [2.45, 2.75) is 70.6 Å². The van der Waals surface area contributed by atoms with E-state index in [1.165, 1.54) is 6.33 Å². The summed E-state index contributed by atoms with van der Waals surface area (Å²) in [6.07, 6.45) is 9.31. The normalized spacial score (nSPS) is 25.7. The zero-order valence-corrected chi connectivity index (χ0v) is 16.9. The van der Waals surface area contributed by atoms with Crippen molar-refractivity contribution in [2.24, 2.45) is 5.92 Å². The highest BCUT2D eigenvalue weighted by molar-refractivity contribution is 5.82. The van der Waals surface area contributed by atoms with Crippen molar-refractivity contribution in [3.8, 4) is 17.5 Å². The van der Waals surface area contributed by atoms with Gasteiger partial charge in [-0.15, -0.1) is 0 Å². The van der Waals surface area contributed by atoms with Crippen molar-refractivity contribution in [3.05, 3.63) is 35.9 Å². The molecule has 1 saturated carbocycles. The van der Waals surface area contributed by atoms with Gasteiger partial charge in [0, 0.05) is 37.0 Å². The summed E-state index contributed by atoms with van der Waals surface area (Å²) in [4.78, 5) is 27.7. The smallest absolute Gasteiger partial charge is 0.229 e. The van der Waals surface area contributed by atoms with E-state index in [0.717, 1.165) is 49.8 Å². The third kappa shape index (κ3) is 3.54. The molecule has 152 valence electrons. The van der Waals surface area contributed by atoms with Gasteiger partial charge in [-0.25, -0.2) is 9.97 Å². The van der Waals surface area contributed by atoms with Crippen LogP contribution in [0.3, 0.4) is 0 Å². The van der Waals surface area contributed by atoms with Crippen LogP contribution in [0.4, 0.5) is 0 Å². The van der Waals surface area contributed by atoms with Crippen molar-refractivity contribution in [1.29, 1.82) is 0 Å². The Morgan fingerprint density at radius 2 is 1.76 bits per heavy atom. The molecule has 1 unspecified atom stereocenters. The quantitative estimate of drug-likeness (QED) is 0.771. The maximum atomic E-state index is 12.6. The van der Waals surface area contributed by atoms with Crippen LogP contribution in [0.25, 0.3) is 0 Å². The first-order valence-electron chi connectivity index (χ1n) is 10.5. The second-order valence-electron chi connectivity index (χ2n) is 8.41. The minimum atomic E-state index is 0.0670. The molecular formula is C22H26N4O3. The second-order valence-corrected chi connectivity index (χ2v) is 8.41. The minimum Gasteiger partial charge on any atom is -0.474 e. The number of aromatic nitrogens is 3. The SMILES string of the molecule is Cc1ncccc1Oc1ncnc(O[C@H]2CC3CC[C@@H](C2)N3C(=O)C2CC2)c1C. The Morgan fingerprint density at radius 1 is 1.03 bits per heavy atom. The average Bonchev–Trinajstić information content (AvgIpc) is 3.52. The molecular weight excluding hydrogens is 368 g/mol. The van der Waals surface area contributed by atoms with E-state index in [-0.39, 0.29) is 12.0 Å². The van der Waals surface area contributed by atoms with Crippen LogP contribution < -0.4 is 9.47 Å². The fourth-order valence-corrected chi connectivity index (χ4v) is 4.60. The van der Waals surface area contributed by atoms with E-state index in [0.29, 0.717) is 35.5 Å². The van der Waals surface area contributed by atoms with E-state index in [2.05, 4.69) is 19.9 Å². The summed E-state index contributed by atoms with van der Waals surface area (Å²) in [5.41, 5.74) is 1.58. The highest BCUT2D eigenvalue weighted by Crippen LogP contribution is 2.42. The number of carbonyl (C=O) groups excluding carboxylic acids is 1. The van der Waals surface area contributed by atoms with Crippen LogP contribution in [0.2, 0.25) is 0 Å². The van der Waals surface area contributed by atoms with Crippen LogP contribution in [0, 0.1) is 19.8 Å². The first kappa shape index (κ1) is 18.3. The van der Waals surface area contributed by atoms with Crippen molar-refractivity contribution >= 4 is 5.91 Å². The summed E-state index contributed by atoms with van der Waals surface area (Å²) < 4.78 is 12.3. The Bertz CT molecular complexity index is 916. The highest BCUT2D eigenvalue weighted by atomic mass is 16.5. The summed E-state index contributed by atoms with van der Waals surface area (Å²) in [6.45, 7) is 3.81. The zero-order chi connectivity index (χ0) is 20.0. The molecule has 29 heavy (non-hydrogen) atoms. The Hall–Kier alpha value is -2.70. The molecule has 3 fully saturated rings. The fourth-order valence-electron chi connectivity index (χ4n) is 4.60. The van der Waals surface area contributed by atoms with Gasteiger partial charge < -0.3 is 14.4 Å². The van der Waals surface area contributed by atoms with E-state index >= 15 is 0 Å². The number of fused-ring (bicyclic) bond motifs is 2. The monoisotopic (exact) mass is 394 g/mol.